The lowest BCUT2D eigenvalue weighted by molar-refractivity contribution is -0.342. The first-order chi connectivity index (χ1) is 12.1. The average molecular weight is 386 g/mol. The van der Waals surface area contributed by atoms with E-state index >= 15 is 0 Å². The van der Waals surface area contributed by atoms with E-state index in [4.69, 9.17) is 10.5 Å². The third-order valence-electron chi connectivity index (χ3n) is 3.54. The van der Waals surface area contributed by atoms with E-state index < -0.39 is 44.0 Å². The molecule has 13 nitrogen and oxygen atoms in total. The number of H-pyrrole nitrogens is 1. The third-order valence-corrected chi connectivity index (χ3v) is 4.00. The van der Waals surface area contributed by atoms with Gasteiger partial charge in [-0.2, -0.15) is 4.98 Å². The molecule has 2 aromatic heterocycles. The number of aliphatic hydroxyl groups excluding tert-OH is 1. The zero-order valence-electron chi connectivity index (χ0n) is 12.7. The van der Waals surface area contributed by atoms with Gasteiger partial charge >= 0.3 is 5.97 Å². The first-order valence-corrected chi connectivity index (χ1v) is 8.39. The summed E-state index contributed by atoms with van der Waals surface area (Å²) in [5, 5.41) is 18.8. The number of phosphoric ester groups is 1. The van der Waals surface area contributed by atoms with Crippen LogP contribution in [0.15, 0.2) is 22.8 Å². The number of aromatic nitrogens is 3. The molecule has 14 heteroatoms. The molecule has 5 N–H and O–H groups in total. The molecule has 0 saturated heterocycles. The number of nitrogens with one attached hydrogen (secondary N) is 1. The van der Waals surface area contributed by atoms with Gasteiger partial charge in [0.25, 0.3) is 5.56 Å². The quantitative estimate of drug-likeness (QED) is 0.420. The number of fused-ring (bicyclic) bond motifs is 1. The zero-order valence-corrected chi connectivity index (χ0v) is 13.6. The van der Waals surface area contributed by atoms with E-state index in [1.54, 1.807) is 0 Å². The number of hydrogen-bond donors (Lipinski definition) is 4. The Morgan fingerprint density at radius 2 is 2.23 bits per heavy atom. The molecule has 2 atom stereocenters. The van der Waals surface area contributed by atoms with Crippen molar-refractivity contribution in [2.45, 2.75) is 12.3 Å². The molecule has 3 heterocycles. The molecule has 0 saturated carbocycles. The molecule has 140 valence electrons. The highest BCUT2D eigenvalue weighted by Gasteiger charge is 2.31. The summed E-state index contributed by atoms with van der Waals surface area (Å²) in [6, 6.07) is 0. The van der Waals surface area contributed by atoms with Gasteiger partial charge in [-0.05, 0) is 0 Å². The van der Waals surface area contributed by atoms with E-state index in [1.165, 1.54) is 0 Å². The number of phosphoric acid groups is 1. The second-order valence-electron chi connectivity index (χ2n) is 5.25. The molecule has 2 aromatic rings. The van der Waals surface area contributed by atoms with Crippen LogP contribution in [0, 0.1) is 0 Å². The van der Waals surface area contributed by atoms with Crippen LogP contribution in [-0.2, 0) is 13.8 Å². The van der Waals surface area contributed by atoms with Crippen LogP contribution in [0.3, 0.4) is 0 Å². The van der Waals surface area contributed by atoms with Crippen LogP contribution >= 0.6 is 7.82 Å². The number of anilines is 1. The molecule has 0 bridgehead atoms. The van der Waals surface area contributed by atoms with E-state index in [0.717, 1.165) is 16.8 Å². The number of nitrogens with zero attached hydrogens (tertiary/aromatic N) is 2. The molecular weight excluding hydrogens is 375 g/mol. The summed E-state index contributed by atoms with van der Waals surface area (Å²) in [5.74, 6) is -2.13. The molecule has 0 amide bonds. The molecule has 1 aliphatic heterocycles. The number of carboxylic acid groups (broad SMARTS) is 1. The molecule has 3 rings (SSSR count). The monoisotopic (exact) mass is 386 g/mol. The minimum absolute atomic E-state index is 0.127. The smallest absolute Gasteiger partial charge is 0.338 e. The van der Waals surface area contributed by atoms with E-state index in [9.17, 15) is 34.2 Å². The van der Waals surface area contributed by atoms with E-state index in [2.05, 4.69) is 14.5 Å². The Morgan fingerprint density at radius 3 is 2.85 bits per heavy atom. The number of ether oxygens (including phenoxy) is 1. The van der Waals surface area contributed by atoms with Crippen molar-refractivity contribution in [3.05, 3.63) is 33.9 Å². The van der Waals surface area contributed by atoms with Crippen LogP contribution in [-0.4, -0.2) is 43.4 Å². The molecule has 0 radical (unpaired) electrons. The summed E-state index contributed by atoms with van der Waals surface area (Å²) in [7, 11) is -5.27. The van der Waals surface area contributed by atoms with Gasteiger partial charge in [0, 0.05) is 12.3 Å². The fourth-order valence-electron chi connectivity index (χ4n) is 2.49. The van der Waals surface area contributed by atoms with Crippen LogP contribution in [0.25, 0.3) is 11.0 Å². The number of nitrogen functional groups attached to an aromatic ring is 1. The molecule has 0 aromatic carbocycles. The van der Waals surface area contributed by atoms with Crippen LogP contribution in [0.5, 0.6) is 0 Å². The van der Waals surface area contributed by atoms with Crippen molar-refractivity contribution < 1.29 is 38.6 Å². The Hall–Kier alpha value is -2.70. The highest BCUT2D eigenvalue weighted by molar-refractivity contribution is 7.43. The maximum absolute atomic E-state index is 12.0. The van der Waals surface area contributed by atoms with Gasteiger partial charge in [-0.15, -0.1) is 0 Å². The molecule has 0 aliphatic carbocycles. The third kappa shape index (κ3) is 3.34. The normalized spacial score (nSPS) is 20.5. The van der Waals surface area contributed by atoms with E-state index in [1.807, 2.05) is 0 Å². The number of nitrogens with two attached hydrogens (primary N) is 1. The topological polar surface area (TPSA) is 216 Å². The Balaban J connectivity index is 2.00. The number of rotatable bonds is 5. The predicted octanol–water partition coefficient (Wildman–Crippen LogP) is -1.81. The highest BCUT2D eigenvalue weighted by atomic mass is 31.2. The number of carbonyl (C=O) groups is 1. The van der Waals surface area contributed by atoms with E-state index in [-0.39, 0.29) is 22.5 Å². The Labute approximate surface area is 143 Å². The first kappa shape index (κ1) is 18.1. The molecule has 0 spiro atoms. The van der Waals surface area contributed by atoms with Crippen LogP contribution in [0.4, 0.5) is 5.95 Å². The minimum atomic E-state index is -5.27. The maximum Gasteiger partial charge on any atom is 0.338 e. The van der Waals surface area contributed by atoms with Gasteiger partial charge in [-0.1, -0.05) is 0 Å². The van der Waals surface area contributed by atoms with Crippen molar-refractivity contribution in [3.63, 3.8) is 0 Å². The van der Waals surface area contributed by atoms with Gasteiger partial charge < -0.3 is 44.1 Å². The van der Waals surface area contributed by atoms with Crippen molar-refractivity contribution in [1.82, 2.24) is 14.5 Å². The number of aromatic amines is 1. The fraction of sp³-hybridized carbons (Fsp3) is 0.250. The second kappa shape index (κ2) is 6.23. The lowest BCUT2D eigenvalue weighted by atomic mass is 10.2. The molecule has 0 fully saturated rings. The first-order valence-electron chi connectivity index (χ1n) is 6.93. The van der Waals surface area contributed by atoms with Crippen molar-refractivity contribution in [2.75, 3.05) is 12.3 Å². The van der Waals surface area contributed by atoms with Crippen molar-refractivity contribution in [1.29, 1.82) is 0 Å². The van der Waals surface area contributed by atoms with Crippen LogP contribution in [0.1, 0.15) is 16.6 Å². The SMILES string of the molecule is Nc1nc2c(c(C(=O)O)cn2C2C=C(O)C(COP(=O)([O-])[O-])O2)c(=O)[nH]1. The summed E-state index contributed by atoms with van der Waals surface area (Å²) >= 11 is 0. The van der Waals surface area contributed by atoms with Crippen LogP contribution < -0.4 is 21.1 Å². The number of aliphatic hydroxyl groups is 1. The lowest BCUT2D eigenvalue weighted by Crippen LogP contribution is -2.24. The predicted molar refractivity (Wildman–Crippen MR) is 79.9 cm³/mol. The molecule has 26 heavy (non-hydrogen) atoms. The summed E-state index contributed by atoms with van der Waals surface area (Å²) < 4.78 is 21.1. The summed E-state index contributed by atoms with van der Waals surface area (Å²) in [6.07, 6.45) is -0.274. The fourth-order valence-corrected chi connectivity index (χ4v) is 2.81. The van der Waals surface area contributed by atoms with Crippen LogP contribution in [0.2, 0.25) is 0 Å². The molecular formula is C12H11N4O9P-2. The second-order valence-corrected chi connectivity index (χ2v) is 6.41. The summed E-state index contributed by atoms with van der Waals surface area (Å²) in [4.78, 5) is 50.5. The standard InChI is InChI=1S/C12H13N4O9P/c13-12-14-9-8(10(18)15-12)4(11(19)20)2-16(9)7-1-5(17)6(25-7)3-24-26(21,22)23/h1-2,6-7,17H,3H2,(H,19,20)(H2,21,22,23)(H3,13,14,15,18)/p-2. The molecule has 2 unspecified atom stereocenters. The van der Waals surface area contributed by atoms with E-state index in [0.29, 0.717) is 0 Å². The largest absolute Gasteiger partial charge is 0.790 e. The number of hydrogen-bond acceptors (Lipinski definition) is 10. The zero-order chi connectivity index (χ0) is 19.2. The van der Waals surface area contributed by atoms with Gasteiger partial charge in [-0.3, -0.25) is 9.78 Å². The van der Waals surface area contributed by atoms with Crippen molar-refractivity contribution >= 4 is 30.8 Å². The number of aromatic carboxylic acids is 1. The van der Waals surface area contributed by atoms with Gasteiger partial charge in [0.1, 0.15) is 11.9 Å². The summed E-state index contributed by atoms with van der Waals surface area (Å²) in [5.41, 5.74) is 4.18. The Morgan fingerprint density at radius 1 is 1.54 bits per heavy atom. The Bertz CT molecular complexity index is 1020. The van der Waals surface area contributed by atoms with Crippen molar-refractivity contribution in [3.8, 4) is 0 Å². The summed E-state index contributed by atoms with van der Waals surface area (Å²) in [6.45, 7) is -0.774. The Kier molecular flexibility index (Phi) is 4.34. The average Bonchev–Trinajstić information content (AvgIpc) is 3.05. The van der Waals surface area contributed by atoms with Crippen molar-refractivity contribution in [2.24, 2.45) is 0 Å². The van der Waals surface area contributed by atoms with Gasteiger partial charge in [-0.25, -0.2) is 4.79 Å². The van der Waals surface area contributed by atoms with Gasteiger partial charge in [0.05, 0.1) is 25.4 Å². The minimum Gasteiger partial charge on any atom is -0.790 e. The van der Waals surface area contributed by atoms with Gasteiger partial charge in [0.15, 0.2) is 11.9 Å². The molecule has 1 aliphatic rings. The maximum atomic E-state index is 12.0. The highest BCUT2D eigenvalue weighted by Crippen LogP contribution is 2.33. The lowest BCUT2D eigenvalue weighted by Gasteiger charge is -2.29. The van der Waals surface area contributed by atoms with Gasteiger partial charge in [0.2, 0.25) is 5.95 Å². The number of carboxylic acids is 1.